The van der Waals surface area contributed by atoms with Gasteiger partial charge in [-0.05, 0) is 74.9 Å². The van der Waals surface area contributed by atoms with Crippen LogP contribution in [0.25, 0.3) is 6.08 Å². The molecule has 1 saturated heterocycles. The number of rotatable bonds is 11. The average molecular weight is 704 g/mol. The molecule has 3 N–H and O–H groups in total. The van der Waals surface area contributed by atoms with Crippen LogP contribution in [0, 0.1) is 29.1 Å². The number of likely N-dealkylation sites (tertiary alicyclic amines) is 1. The molecule has 12 atom stereocenters. The zero-order valence-electron chi connectivity index (χ0n) is 30.6. The van der Waals surface area contributed by atoms with Crippen molar-refractivity contribution in [2.75, 3.05) is 39.7 Å². The maximum atomic E-state index is 14.5. The lowest BCUT2D eigenvalue weighted by Crippen LogP contribution is -2.82. The van der Waals surface area contributed by atoms with Gasteiger partial charge >= 0.3 is 5.97 Å². The van der Waals surface area contributed by atoms with E-state index < -0.39 is 34.3 Å². The van der Waals surface area contributed by atoms with Gasteiger partial charge in [0.1, 0.15) is 16.8 Å². The highest BCUT2D eigenvalue weighted by molar-refractivity contribution is 6.06. The first-order valence-electron chi connectivity index (χ1n) is 18.4. The van der Waals surface area contributed by atoms with Gasteiger partial charge in [-0.2, -0.15) is 0 Å². The number of fused-ring (bicyclic) bond motifs is 1. The van der Waals surface area contributed by atoms with Crippen molar-refractivity contribution in [3.05, 3.63) is 66.0 Å². The predicted molar refractivity (Wildman–Crippen MR) is 191 cm³/mol. The van der Waals surface area contributed by atoms with Crippen LogP contribution in [0.3, 0.4) is 0 Å². The van der Waals surface area contributed by atoms with Gasteiger partial charge in [-0.3, -0.25) is 14.7 Å². The molecule has 2 unspecified atom stereocenters. The first-order chi connectivity index (χ1) is 24.4. The third-order valence-corrected chi connectivity index (χ3v) is 13.6. The van der Waals surface area contributed by atoms with E-state index in [9.17, 15) is 19.8 Å². The number of piperidine rings is 1. The van der Waals surface area contributed by atoms with Crippen LogP contribution in [0.5, 0.6) is 0 Å². The zero-order valence-corrected chi connectivity index (χ0v) is 30.6. The summed E-state index contributed by atoms with van der Waals surface area (Å²) in [7, 11) is 5.01. The lowest BCUT2D eigenvalue weighted by atomic mass is 9.44. The third-order valence-electron chi connectivity index (χ3n) is 13.6. The molecule has 51 heavy (non-hydrogen) atoms. The highest BCUT2D eigenvalue weighted by Gasteiger charge is 2.87. The van der Waals surface area contributed by atoms with Gasteiger partial charge in [0.05, 0.1) is 29.6 Å². The Morgan fingerprint density at radius 3 is 2.57 bits per heavy atom. The lowest BCUT2D eigenvalue weighted by molar-refractivity contribution is -0.330. The van der Waals surface area contributed by atoms with Crippen LogP contribution in [0.4, 0.5) is 5.69 Å². The topological polar surface area (TPSA) is 140 Å². The number of benzene rings is 1. The number of hydrogen-bond acceptors (Lipinski definition) is 10. The van der Waals surface area contributed by atoms with E-state index >= 15 is 0 Å². The maximum absolute atomic E-state index is 14.5. The van der Waals surface area contributed by atoms with E-state index in [1.54, 1.807) is 70.1 Å². The van der Waals surface area contributed by atoms with Crippen LogP contribution in [-0.2, 0) is 23.7 Å². The zero-order chi connectivity index (χ0) is 36.3. The monoisotopic (exact) mass is 703 g/mol. The Morgan fingerprint density at radius 1 is 1.10 bits per heavy atom. The number of nitrogens with zero attached hydrogens (tertiary/aromatic N) is 2. The Labute approximate surface area is 300 Å². The summed E-state index contributed by atoms with van der Waals surface area (Å²) in [5.41, 5.74) is -3.24. The SMILES string of the molecule is CCN1C[C@]2(OC(=O)c3ccccc3NC(=O)/C=C/c3cccnc3)CC[C@H](OC)C34[C@@H]1C(C[C@@H]32)[C@@](O)(C[C@@H](C)OC)[C@@]1(O)[C@@H](OC)[C@@H](C)C[C@@H]41. The quantitative estimate of drug-likeness (QED) is 0.229. The van der Waals surface area contributed by atoms with E-state index in [0.717, 1.165) is 5.56 Å². The molecule has 5 bridgehead atoms. The van der Waals surface area contributed by atoms with Crippen molar-refractivity contribution in [3.63, 3.8) is 0 Å². The second-order valence-corrected chi connectivity index (χ2v) is 15.7. The Morgan fingerprint density at radius 2 is 1.88 bits per heavy atom. The fourth-order valence-corrected chi connectivity index (χ4v) is 12.0. The fraction of sp³-hybridized carbons (Fsp3) is 0.625. The van der Waals surface area contributed by atoms with Gasteiger partial charge in [0.15, 0.2) is 0 Å². The highest BCUT2D eigenvalue weighted by atomic mass is 16.6. The van der Waals surface area contributed by atoms with Crippen molar-refractivity contribution in [2.24, 2.45) is 29.1 Å². The van der Waals surface area contributed by atoms with Gasteiger partial charge in [0.25, 0.3) is 0 Å². The summed E-state index contributed by atoms with van der Waals surface area (Å²) in [6, 6.07) is 10.4. The van der Waals surface area contributed by atoms with Crippen LogP contribution in [0.2, 0.25) is 0 Å². The summed E-state index contributed by atoms with van der Waals surface area (Å²) >= 11 is 0. The molecule has 0 radical (unpaired) electrons. The number of hydrogen-bond donors (Lipinski definition) is 3. The number of carbonyl (C=O) groups excluding carboxylic acids is 2. The minimum atomic E-state index is -1.58. The predicted octanol–water partition coefficient (Wildman–Crippen LogP) is 4.34. The summed E-state index contributed by atoms with van der Waals surface area (Å²) in [5.74, 6) is -1.86. The minimum absolute atomic E-state index is 0.0296. The Hall–Kier alpha value is -3.19. The van der Waals surface area contributed by atoms with Crippen molar-refractivity contribution in [3.8, 4) is 0 Å². The standard InChI is InChI=1S/C40H53N3O8/c1-7-43-23-37(51-36(45)27-12-8-9-13-29(27)42-33(44)15-14-26-11-10-18-41-22-26)17-16-32(49-5)39-30(37)20-28(34(39)43)38(46,21-25(3)48-4)40(47)31(39)19-24(2)35(40)50-6/h8-15,18,22,24-25,28,30-32,34-35,46-47H,7,16-17,19-21,23H2,1-6H3,(H,42,44)/b15-14+/t24-,25+,28?,30+,31-,32-,34-,35-,37+,38-,39?,40-/m0/s1. The normalized spacial score (nSPS) is 40.2. The number of carbonyl (C=O) groups is 2. The average Bonchev–Trinajstić information content (AvgIpc) is 3.56. The van der Waals surface area contributed by atoms with Crippen molar-refractivity contribution in [1.29, 1.82) is 0 Å². The maximum Gasteiger partial charge on any atom is 0.340 e. The molecule has 11 nitrogen and oxygen atoms in total. The number of aliphatic hydroxyl groups is 2. The molecule has 1 amide bonds. The molecule has 5 aliphatic rings. The van der Waals surface area contributed by atoms with E-state index in [0.29, 0.717) is 44.5 Å². The van der Waals surface area contributed by atoms with Gasteiger partial charge in [-0.15, -0.1) is 0 Å². The first kappa shape index (κ1) is 36.2. The van der Waals surface area contributed by atoms with Gasteiger partial charge in [-0.25, -0.2) is 4.79 Å². The van der Waals surface area contributed by atoms with E-state index in [1.165, 1.54) is 6.08 Å². The molecule has 1 spiro atoms. The van der Waals surface area contributed by atoms with Gasteiger partial charge in [0, 0.05) is 82.0 Å². The molecule has 1 aromatic carbocycles. The second kappa shape index (κ2) is 13.3. The molecule has 5 fully saturated rings. The van der Waals surface area contributed by atoms with Crippen molar-refractivity contribution < 1.29 is 38.7 Å². The van der Waals surface area contributed by atoms with Crippen LogP contribution < -0.4 is 5.32 Å². The molecular formula is C40H53N3O8. The number of para-hydroxylation sites is 1. The number of anilines is 1. The van der Waals surface area contributed by atoms with Crippen molar-refractivity contribution in [2.45, 2.75) is 94.0 Å². The van der Waals surface area contributed by atoms with Gasteiger partial charge in [-0.1, -0.05) is 32.0 Å². The van der Waals surface area contributed by atoms with Gasteiger partial charge in [0.2, 0.25) is 5.91 Å². The molecule has 1 aliphatic heterocycles. The number of pyridine rings is 1. The highest BCUT2D eigenvalue weighted by Crippen LogP contribution is 2.77. The Balaban J connectivity index is 1.28. The molecule has 276 valence electrons. The molecule has 4 saturated carbocycles. The van der Waals surface area contributed by atoms with Crippen LogP contribution >= 0.6 is 0 Å². The Kier molecular flexibility index (Phi) is 9.46. The largest absolute Gasteiger partial charge is 0.454 e. The van der Waals surface area contributed by atoms with Crippen molar-refractivity contribution in [1.82, 2.24) is 9.88 Å². The number of methoxy groups -OCH3 is 3. The first-order valence-corrected chi connectivity index (χ1v) is 18.4. The number of ether oxygens (including phenoxy) is 4. The fourth-order valence-electron chi connectivity index (χ4n) is 12.0. The van der Waals surface area contributed by atoms with E-state index in [2.05, 4.69) is 29.0 Å². The molecule has 1 aromatic heterocycles. The molecule has 2 aromatic rings. The summed E-state index contributed by atoms with van der Waals surface area (Å²) in [4.78, 5) is 34.0. The summed E-state index contributed by atoms with van der Waals surface area (Å²) in [6.07, 6.45) is 7.94. The van der Waals surface area contributed by atoms with Crippen LogP contribution in [-0.4, -0.2) is 108 Å². The smallest absolute Gasteiger partial charge is 0.340 e. The van der Waals surface area contributed by atoms with E-state index in [-0.39, 0.29) is 59.8 Å². The number of amides is 1. The molecule has 7 rings (SSSR count). The van der Waals surface area contributed by atoms with E-state index in [1.807, 2.05) is 13.0 Å². The lowest BCUT2D eigenvalue weighted by Gasteiger charge is -2.70. The summed E-state index contributed by atoms with van der Waals surface area (Å²) in [6.45, 7) is 7.32. The third kappa shape index (κ3) is 5.17. The molecule has 4 aliphatic carbocycles. The molecule has 2 heterocycles. The van der Waals surface area contributed by atoms with Gasteiger partial charge < -0.3 is 34.5 Å². The van der Waals surface area contributed by atoms with Crippen molar-refractivity contribution >= 4 is 23.6 Å². The molecule has 11 heteroatoms. The number of nitrogens with one attached hydrogen (secondary N) is 1. The summed E-state index contributed by atoms with van der Waals surface area (Å²) in [5, 5.41) is 29.3. The minimum Gasteiger partial charge on any atom is -0.454 e. The Bertz CT molecular complexity index is 1660. The number of esters is 1. The number of aromatic nitrogens is 1. The second-order valence-electron chi connectivity index (χ2n) is 15.7. The van der Waals surface area contributed by atoms with Crippen LogP contribution in [0.1, 0.15) is 68.8 Å². The number of likely N-dealkylation sites (N-methyl/N-ethyl adjacent to an activating group) is 1. The molecular weight excluding hydrogens is 650 g/mol. The van der Waals surface area contributed by atoms with Crippen LogP contribution in [0.15, 0.2) is 54.9 Å². The summed E-state index contributed by atoms with van der Waals surface area (Å²) < 4.78 is 25.1. The van der Waals surface area contributed by atoms with E-state index in [4.69, 9.17) is 18.9 Å².